The standard InChI is InChI=1S/C14H20N4OS/c1-3-4-9-18-13(16-17-14(18)20)10-15-11-5-7-12(19-2)8-6-11/h5-8,15H,3-4,9-10H2,1-2H3,(H,17,20). The predicted octanol–water partition coefficient (Wildman–Crippen LogP) is 3.36. The van der Waals surface area contributed by atoms with Gasteiger partial charge in [-0.05, 0) is 42.9 Å². The fraction of sp³-hybridized carbons (Fsp3) is 0.429. The fourth-order valence-corrected chi connectivity index (χ4v) is 2.16. The number of nitrogens with zero attached hydrogens (tertiary/aromatic N) is 2. The first-order valence-corrected chi connectivity index (χ1v) is 7.17. The van der Waals surface area contributed by atoms with Crippen LogP contribution < -0.4 is 10.1 Å². The van der Waals surface area contributed by atoms with Gasteiger partial charge in [-0.25, -0.2) is 0 Å². The van der Waals surface area contributed by atoms with Crippen molar-refractivity contribution in [1.82, 2.24) is 14.8 Å². The Bertz CT molecular complexity index is 588. The molecule has 1 aromatic carbocycles. The number of hydrogen-bond donors (Lipinski definition) is 2. The maximum absolute atomic E-state index is 5.25. The normalized spacial score (nSPS) is 10.5. The molecular formula is C14H20N4OS. The summed E-state index contributed by atoms with van der Waals surface area (Å²) in [7, 11) is 1.66. The molecule has 108 valence electrons. The highest BCUT2D eigenvalue weighted by Crippen LogP contribution is 2.15. The Kier molecular flexibility index (Phi) is 5.17. The molecule has 2 N–H and O–H groups in total. The molecule has 0 saturated heterocycles. The monoisotopic (exact) mass is 292 g/mol. The van der Waals surface area contributed by atoms with Crippen molar-refractivity contribution in [3.63, 3.8) is 0 Å². The summed E-state index contributed by atoms with van der Waals surface area (Å²) in [6.45, 7) is 3.72. The van der Waals surface area contributed by atoms with Crippen LogP contribution >= 0.6 is 12.2 Å². The van der Waals surface area contributed by atoms with E-state index in [4.69, 9.17) is 17.0 Å². The predicted molar refractivity (Wildman–Crippen MR) is 82.6 cm³/mol. The molecule has 0 atom stereocenters. The van der Waals surface area contributed by atoms with E-state index in [1.807, 2.05) is 24.3 Å². The van der Waals surface area contributed by atoms with Crippen molar-refractivity contribution in [2.24, 2.45) is 0 Å². The molecule has 0 bridgehead atoms. The van der Waals surface area contributed by atoms with E-state index in [1.54, 1.807) is 7.11 Å². The first kappa shape index (κ1) is 14.6. The molecule has 0 aliphatic rings. The molecule has 0 fully saturated rings. The molecule has 20 heavy (non-hydrogen) atoms. The van der Waals surface area contributed by atoms with Crippen LogP contribution in [-0.2, 0) is 13.1 Å². The van der Waals surface area contributed by atoms with Crippen molar-refractivity contribution < 1.29 is 4.74 Å². The minimum absolute atomic E-state index is 0.642. The van der Waals surface area contributed by atoms with Gasteiger partial charge in [0.2, 0.25) is 0 Å². The van der Waals surface area contributed by atoms with Gasteiger partial charge in [-0.1, -0.05) is 13.3 Å². The first-order chi connectivity index (χ1) is 9.74. The average molecular weight is 292 g/mol. The lowest BCUT2D eigenvalue weighted by molar-refractivity contribution is 0.415. The zero-order valence-corrected chi connectivity index (χ0v) is 12.7. The van der Waals surface area contributed by atoms with Gasteiger partial charge in [0.05, 0.1) is 13.7 Å². The number of unbranched alkanes of at least 4 members (excludes halogenated alkanes) is 1. The molecule has 1 aromatic heterocycles. The van der Waals surface area contributed by atoms with E-state index in [9.17, 15) is 0 Å². The van der Waals surface area contributed by atoms with E-state index in [2.05, 4.69) is 27.0 Å². The lowest BCUT2D eigenvalue weighted by Gasteiger charge is -2.09. The first-order valence-electron chi connectivity index (χ1n) is 6.76. The lowest BCUT2D eigenvalue weighted by Crippen LogP contribution is -2.09. The summed E-state index contributed by atoms with van der Waals surface area (Å²) in [5.74, 6) is 1.78. The molecular weight excluding hydrogens is 272 g/mol. The number of anilines is 1. The quantitative estimate of drug-likeness (QED) is 0.768. The molecule has 5 nitrogen and oxygen atoms in total. The van der Waals surface area contributed by atoms with Gasteiger partial charge in [-0.15, -0.1) is 0 Å². The Morgan fingerprint density at radius 2 is 2.10 bits per heavy atom. The SMILES string of the molecule is CCCCn1c(CNc2ccc(OC)cc2)n[nH]c1=S. The molecule has 0 aliphatic heterocycles. The van der Waals surface area contributed by atoms with E-state index < -0.39 is 0 Å². The number of methoxy groups -OCH3 is 1. The van der Waals surface area contributed by atoms with Crippen LogP contribution in [0.25, 0.3) is 0 Å². The number of H-pyrrole nitrogens is 1. The van der Waals surface area contributed by atoms with E-state index in [-0.39, 0.29) is 0 Å². The van der Waals surface area contributed by atoms with Crippen LogP contribution in [0.5, 0.6) is 5.75 Å². The summed E-state index contributed by atoms with van der Waals surface area (Å²) in [5.41, 5.74) is 1.03. The van der Waals surface area contributed by atoms with Crippen LogP contribution in [0.1, 0.15) is 25.6 Å². The van der Waals surface area contributed by atoms with E-state index >= 15 is 0 Å². The van der Waals surface area contributed by atoms with E-state index in [0.29, 0.717) is 11.3 Å². The van der Waals surface area contributed by atoms with Crippen molar-refractivity contribution >= 4 is 17.9 Å². The second-order valence-electron chi connectivity index (χ2n) is 4.53. The molecule has 0 radical (unpaired) electrons. The number of aromatic amines is 1. The third kappa shape index (κ3) is 3.60. The highest BCUT2D eigenvalue weighted by Gasteiger charge is 2.05. The molecule has 0 aliphatic carbocycles. The van der Waals surface area contributed by atoms with Crippen molar-refractivity contribution in [2.75, 3.05) is 12.4 Å². The maximum atomic E-state index is 5.25. The Morgan fingerprint density at radius 3 is 2.75 bits per heavy atom. The molecule has 0 saturated carbocycles. The summed E-state index contributed by atoms with van der Waals surface area (Å²) in [6.07, 6.45) is 2.24. The minimum atomic E-state index is 0.642. The summed E-state index contributed by atoms with van der Waals surface area (Å²) in [5, 5.41) is 10.5. The third-order valence-electron chi connectivity index (χ3n) is 3.11. The Morgan fingerprint density at radius 1 is 1.35 bits per heavy atom. The maximum Gasteiger partial charge on any atom is 0.195 e. The third-order valence-corrected chi connectivity index (χ3v) is 3.42. The highest BCUT2D eigenvalue weighted by atomic mass is 32.1. The van der Waals surface area contributed by atoms with Gasteiger partial charge in [-0.3, -0.25) is 5.10 Å². The van der Waals surface area contributed by atoms with Gasteiger partial charge >= 0.3 is 0 Å². The Balaban J connectivity index is 2.01. The van der Waals surface area contributed by atoms with Crippen LogP contribution in [0.3, 0.4) is 0 Å². The van der Waals surface area contributed by atoms with E-state index in [0.717, 1.165) is 36.6 Å². The molecule has 6 heteroatoms. The number of aromatic nitrogens is 3. The average Bonchev–Trinajstić information content (AvgIpc) is 2.84. The smallest absolute Gasteiger partial charge is 0.195 e. The van der Waals surface area contributed by atoms with Gasteiger partial charge in [0.1, 0.15) is 5.75 Å². The van der Waals surface area contributed by atoms with Crippen molar-refractivity contribution in [2.45, 2.75) is 32.9 Å². The molecule has 2 rings (SSSR count). The van der Waals surface area contributed by atoms with Gasteiger partial charge in [0, 0.05) is 12.2 Å². The van der Waals surface area contributed by atoms with Gasteiger partial charge in [0.25, 0.3) is 0 Å². The van der Waals surface area contributed by atoms with Crippen LogP contribution in [0.2, 0.25) is 0 Å². The molecule has 0 spiro atoms. The molecule has 0 unspecified atom stereocenters. The minimum Gasteiger partial charge on any atom is -0.497 e. The van der Waals surface area contributed by atoms with Crippen LogP contribution in [0.15, 0.2) is 24.3 Å². The second kappa shape index (κ2) is 7.09. The summed E-state index contributed by atoms with van der Waals surface area (Å²) < 4.78 is 7.87. The summed E-state index contributed by atoms with van der Waals surface area (Å²) >= 11 is 5.25. The van der Waals surface area contributed by atoms with Crippen LogP contribution in [-0.4, -0.2) is 21.9 Å². The van der Waals surface area contributed by atoms with Gasteiger partial charge in [0.15, 0.2) is 10.6 Å². The number of benzene rings is 1. The summed E-state index contributed by atoms with van der Waals surface area (Å²) in [4.78, 5) is 0. The zero-order chi connectivity index (χ0) is 14.4. The molecule has 1 heterocycles. The fourth-order valence-electron chi connectivity index (χ4n) is 1.92. The molecule has 2 aromatic rings. The van der Waals surface area contributed by atoms with Gasteiger partial charge in [-0.2, -0.15) is 5.10 Å². The number of ether oxygens (including phenoxy) is 1. The topological polar surface area (TPSA) is 54.9 Å². The van der Waals surface area contributed by atoms with Crippen LogP contribution in [0.4, 0.5) is 5.69 Å². The van der Waals surface area contributed by atoms with Crippen LogP contribution in [0, 0.1) is 4.77 Å². The van der Waals surface area contributed by atoms with Gasteiger partial charge < -0.3 is 14.6 Å². The summed E-state index contributed by atoms with van der Waals surface area (Å²) in [6, 6.07) is 7.82. The van der Waals surface area contributed by atoms with Crippen molar-refractivity contribution in [3.8, 4) is 5.75 Å². The number of nitrogens with one attached hydrogen (secondary N) is 2. The number of hydrogen-bond acceptors (Lipinski definition) is 4. The van der Waals surface area contributed by atoms with Crippen molar-refractivity contribution in [3.05, 3.63) is 34.9 Å². The zero-order valence-electron chi connectivity index (χ0n) is 11.8. The van der Waals surface area contributed by atoms with E-state index in [1.165, 1.54) is 0 Å². The van der Waals surface area contributed by atoms with Crippen molar-refractivity contribution in [1.29, 1.82) is 0 Å². The number of rotatable bonds is 7. The highest BCUT2D eigenvalue weighted by molar-refractivity contribution is 7.71. The Labute approximate surface area is 124 Å². The largest absolute Gasteiger partial charge is 0.497 e. The lowest BCUT2D eigenvalue weighted by atomic mass is 10.3. The molecule has 0 amide bonds. The second-order valence-corrected chi connectivity index (χ2v) is 4.92. The Hall–Kier alpha value is -1.82.